The number of hydrogen-bond acceptors (Lipinski definition) is 2. The molecule has 3 rings (SSSR count). The standard InChI is InChI=1S/C19H17F2N3O/c20-16-8-7-15(13-17(16)21)19(25)23-9-4-11-24-12-10-22-18(24)14-5-2-1-3-6-14/h1-3,5-8,10,12-13H,4,9,11H2,(H,23,25). The molecule has 4 nitrogen and oxygen atoms in total. The Labute approximate surface area is 144 Å². The van der Waals surface area contributed by atoms with Gasteiger partial charge in [-0.05, 0) is 24.6 Å². The smallest absolute Gasteiger partial charge is 0.251 e. The highest BCUT2D eigenvalue weighted by molar-refractivity contribution is 5.94. The lowest BCUT2D eigenvalue weighted by atomic mass is 10.2. The van der Waals surface area contributed by atoms with Gasteiger partial charge in [-0.2, -0.15) is 0 Å². The highest BCUT2D eigenvalue weighted by Crippen LogP contribution is 2.16. The summed E-state index contributed by atoms with van der Waals surface area (Å²) in [5, 5.41) is 2.71. The Kier molecular flexibility index (Phi) is 5.18. The number of aromatic nitrogens is 2. The zero-order chi connectivity index (χ0) is 17.6. The molecule has 0 unspecified atom stereocenters. The van der Waals surface area contributed by atoms with Crippen LogP contribution < -0.4 is 5.32 Å². The summed E-state index contributed by atoms with van der Waals surface area (Å²) in [4.78, 5) is 16.3. The molecule has 0 aliphatic heterocycles. The molecular weight excluding hydrogens is 324 g/mol. The van der Waals surface area contributed by atoms with Gasteiger partial charge < -0.3 is 9.88 Å². The van der Waals surface area contributed by atoms with Crippen LogP contribution in [0.2, 0.25) is 0 Å². The Morgan fingerprint density at radius 1 is 1.08 bits per heavy atom. The minimum atomic E-state index is -1.03. The first-order valence-electron chi connectivity index (χ1n) is 7.95. The quantitative estimate of drug-likeness (QED) is 0.696. The van der Waals surface area contributed by atoms with Gasteiger partial charge in [-0.1, -0.05) is 30.3 Å². The monoisotopic (exact) mass is 341 g/mol. The molecule has 6 heteroatoms. The van der Waals surface area contributed by atoms with E-state index in [2.05, 4.69) is 10.3 Å². The highest BCUT2D eigenvalue weighted by atomic mass is 19.2. The number of rotatable bonds is 6. The van der Waals surface area contributed by atoms with Crippen LogP contribution in [0.4, 0.5) is 8.78 Å². The summed E-state index contributed by atoms with van der Waals surface area (Å²) in [5.41, 5.74) is 1.13. The second-order valence-electron chi connectivity index (χ2n) is 5.55. The lowest BCUT2D eigenvalue weighted by molar-refractivity contribution is 0.0952. The summed E-state index contributed by atoms with van der Waals surface area (Å²) in [6, 6.07) is 12.9. The molecule has 0 atom stereocenters. The first-order chi connectivity index (χ1) is 12.1. The van der Waals surface area contributed by atoms with Crippen molar-refractivity contribution < 1.29 is 13.6 Å². The van der Waals surface area contributed by atoms with Crippen molar-refractivity contribution in [2.75, 3.05) is 6.54 Å². The summed E-state index contributed by atoms with van der Waals surface area (Å²) >= 11 is 0. The minimum absolute atomic E-state index is 0.103. The minimum Gasteiger partial charge on any atom is -0.352 e. The fraction of sp³-hybridized carbons (Fsp3) is 0.158. The predicted octanol–water partition coefficient (Wildman–Crippen LogP) is 3.65. The number of imidazole rings is 1. The third-order valence-corrected chi connectivity index (χ3v) is 3.79. The van der Waals surface area contributed by atoms with Gasteiger partial charge in [0, 0.05) is 36.6 Å². The van der Waals surface area contributed by atoms with Crippen LogP contribution in [0.25, 0.3) is 11.4 Å². The number of nitrogens with one attached hydrogen (secondary N) is 1. The van der Waals surface area contributed by atoms with Crippen LogP contribution in [0.5, 0.6) is 0 Å². The second kappa shape index (κ2) is 7.70. The van der Waals surface area contributed by atoms with Crippen LogP contribution in [-0.4, -0.2) is 22.0 Å². The Morgan fingerprint density at radius 2 is 1.88 bits per heavy atom. The second-order valence-corrected chi connectivity index (χ2v) is 5.55. The number of carbonyl (C=O) groups is 1. The normalized spacial score (nSPS) is 10.6. The average molecular weight is 341 g/mol. The molecule has 0 aliphatic carbocycles. The number of halogens is 2. The summed E-state index contributed by atoms with van der Waals surface area (Å²) in [6.45, 7) is 1.10. The van der Waals surface area contributed by atoms with Gasteiger partial charge >= 0.3 is 0 Å². The van der Waals surface area contributed by atoms with Crippen LogP contribution in [-0.2, 0) is 6.54 Å². The number of aryl methyl sites for hydroxylation is 1. The molecule has 1 heterocycles. The summed E-state index contributed by atoms with van der Waals surface area (Å²) in [5.74, 6) is -1.55. The topological polar surface area (TPSA) is 46.9 Å². The largest absolute Gasteiger partial charge is 0.352 e. The fourth-order valence-electron chi connectivity index (χ4n) is 2.53. The molecule has 1 aromatic heterocycles. The van der Waals surface area contributed by atoms with E-state index in [0.717, 1.165) is 23.5 Å². The molecule has 3 aromatic rings. The number of carbonyl (C=O) groups excluding carboxylic acids is 1. The molecule has 0 radical (unpaired) electrons. The van der Waals surface area contributed by atoms with Crippen LogP contribution in [0.15, 0.2) is 60.9 Å². The molecule has 0 spiro atoms. The molecule has 1 N–H and O–H groups in total. The first-order valence-corrected chi connectivity index (χ1v) is 7.95. The molecule has 0 saturated heterocycles. The Hall–Kier alpha value is -3.02. The van der Waals surface area contributed by atoms with Gasteiger partial charge in [-0.15, -0.1) is 0 Å². The molecular formula is C19H17F2N3O. The van der Waals surface area contributed by atoms with Gasteiger partial charge in [0.05, 0.1) is 0 Å². The van der Waals surface area contributed by atoms with Gasteiger partial charge in [0.15, 0.2) is 11.6 Å². The van der Waals surface area contributed by atoms with Gasteiger partial charge in [0.25, 0.3) is 5.91 Å². The maximum absolute atomic E-state index is 13.2. The van der Waals surface area contributed by atoms with Crippen molar-refractivity contribution in [2.45, 2.75) is 13.0 Å². The lowest BCUT2D eigenvalue weighted by Gasteiger charge is -2.09. The van der Waals surface area contributed by atoms with Crippen molar-refractivity contribution in [3.8, 4) is 11.4 Å². The van der Waals surface area contributed by atoms with Gasteiger partial charge in [-0.25, -0.2) is 13.8 Å². The summed E-state index contributed by atoms with van der Waals surface area (Å²) in [6.07, 6.45) is 4.31. The summed E-state index contributed by atoms with van der Waals surface area (Å²) in [7, 11) is 0. The van der Waals surface area contributed by atoms with E-state index in [4.69, 9.17) is 0 Å². The molecule has 128 valence electrons. The van der Waals surface area contributed by atoms with Crippen LogP contribution >= 0.6 is 0 Å². The van der Waals surface area contributed by atoms with E-state index >= 15 is 0 Å². The highest BCUT2D eigenvalue weighted by Gasteiger charge is 2.09. The van der Waals surface area contributed by atoms with Crippen LogP contribution in [0.1, 0.15) is 16.8 Å². The predicted molar refractivity (Wildman–Crippen MR) is 91.0 cm³/mol. The van der Waals surface area contributed by atoms with E-state index in [1.54, 1.807) is 6.20 Å². The summed E-state index contributed by atoms with van der Waals surface area (Å²) < 4.78 is 28.1. The molecule has 2 aromatic carbocycles. The number of nitrogens with zero attached hydrogens (tertiary/aromatic N) is 2. The Balaban J connectivity index is 1.53. The van der Waals surface area contributed by atoms with Crippen molar-refractivity contribution in [1.29, 1.82) is 0 Å². The van der Waals surface area contributed by atoms with Crippen LogP contribution in [0.3, 0.4) is 0 Å². The van der Waals surface area contributed by atoms with E-state index in [-0.39, 0.29) is 5.56 Å². The Bertz CT molecular complexity index is 862. The lowest BCUT2D eigenvalue weighted by Crippen LogP contribution is -2.25. The molecule has 0 saturated carbocycles. The third kappa shape index (κ3) is 4.09. The number of hydrogen-bond donors (Lipinski definition) is 1. The van der Waals surface area contributed by atoms with Crippen molar-refractivity contribution >= 4 is 5.91 Å². The van der Waals surface area contributed by atoms with E-state index in [1.807, 2.05) is 41.1 Å². The molecule has 1 amide bonds. The zero-order valence-corrected chi connectivity index (χ0v) is 13.5. The van der Waals surface area contributed by atoms with Crippen LogP contribution in [0, 0.1) is 11.6 Å². The number of benzene rings is 2. The molecule has 0 bridgehead atoms. The van der Waals surface area contributed by atoms with E-state index in [0.29, 0.717) is 19.5 Å². The van der Waals surface area contributed by atoms with E-state index < -0.39 is 17.5 Å². The van der Waals surface area contributed by atoms with Gasteiger partial charge in [0.1, 0.15) is 5.82 Å². The maximum atomic E-state index is 13.2. The molecule has 0 aliphatic rings. The van der Waals surface area contributed by atoms with Gasteiger partial charge in [0.2, 0.25) is 0 Å². The van der Waals surface area contributed by atoms with Crippen molar-refractivity contribution in [2.24, 2.45) is 0 Å². The Morgan fingerprint density at radius 3 is 2.64 bits per heavy atom. The fourth-order valence-corrected chi connectivity index (χ4v) is 2.53. The average Bonchev–Trinajstić information content (AvgIpc) is 3.10. The van der Waals surface area contributed by atoms with Crippen molar-refractivity contribution in [1.82, 2.24) is 14.9 Å². The molecule has 25 heavy (non-hydrogen) atoms. The SMILES string of the molecule is O=C(NCCCn1ccnc1-c1ccccc1)c1ccc(F)c(F)c1. The zero-order valence-electron chi connectivity index (χ0n) is 13.5. The maximum Gasteiger partial charge on any atom is 0.251 e. The van der Waals surface area contributed by atoms with Gasteiger partial charge in [-0.3, -0.25) is 4.79 Å². The molecule has 0 fully saturated rings. The van der Waals surface area contributed by atoms with Crippen molar-refractivity contribution in [3.05, 3.63) is 78.1 Å². The number of amides is 1. The first kappa shape index (κ1) is 16.8. The third-order valence-electron chi connectivity index (χ3n) is 3.79. The van der Waals surface area contributed by atoms with E-state index in [1.165, 1.54) is 6.07 Å². The van der Waals surface area contributed by atoms with E-state index in [9.17, 15) is 13.6 Å². The van der Waals surface area contributed by atoms with Crippen molar-refractivity contribution in [3.63, 3.8) is 0 Å².